The second-order valence-corrected chi connectivity index (χ2v) is 3.27. The van der Waals surface area contributed by atoms with Gasteiger partial charge in [0.25, 0.3) is 0 Å². The van der Waals surface area contributed by atoms with E-state index in [0.717, 1.165) is 17.9 Å². The highest BCUT2D eigenvalue weighted by atomic mass is 16.5. The molecule has 0 unspecified atom stereocenters. The van der Waals surface area contributed by atoms with Crippen LogP contribution < -0.4 is 5.32 Å². The largest absolute Gasteiger partial charge is 0.468 e. The number of nitrogens with one attached hydrogen (secondary N) is 1. The Balaban J connectivity index is 2.46. The fourth-order valence-electron chi connectivity index (χ4n) is 1.38. The quantitative estimate of drug-likeness (QED) is 0.719. The topological polar surface area (TPSA) is 56.2 Å². The normalized spacial score (nSPS) is 10.3. The van der Waals surface area contributed by atoms with Crippen molar-refractivity contribution in [3.05, 3.63) is 17.5 Å². The molecule has 0 fully saturated rings. The van der Waals surface area contributed by atoms with Crippen LogP contribution in [0.1, 0.15) is 18.3 Å². The molecular formula is C10H17N3O2. The fourth-order valence-corrected chi connectivity index (χ4v) is 1.38. The van der Waals surface area contributed by atoms with Crippen LogP contribution in [-0.4, -0.2) is 29.4 Å². The van der Waals surface area contributed by atoms with Crippen LogP contribution in [0.15, 0.2) is 6.07 Å². The number of rotatable bonds is 5. The number of esters is 1. The zero-order valence-electron chi connectivity index (χ0n) is 9.41. The minimum absolute atomic E-state index is 0.227. The molecule has 0 amide bonds. The van der Waals surface area contributed by atoms with Crippen molar-refractivity contribution in [2.24, 2.45) is 0 Å². The summed E-state index contributed by atoms with van der Waals surface area (Å²) in [5.41, 5.74) is 2.07. The second-order valence-electron chi connectivity index (χ2n) is 3.27. The molecule has 0 bridgehead atoms. The Kier molecular flexibility index (Phi) is 4.30. The summed E-state index contributed by atoms with van der Waals surface area (Å²) in [6, 6.07) is 2.01. The summed E-state index contributed by atoms with van der Waals surface area (Å²) in [7, 11) is 1.38. The molecule has 0 saturated heterocycles. The van der Waals surface area contributed by atoms with E-state index in [4.69, 9.17) is 0 Å². The summed E-state index contributed by atoms with van der Waals surface area (Å²) < 4.78 is 6.44. The van der Waals surface area contributed by atoms with Crippen molar-refractivity contribution in [2.45, 2.75) is 26.9 Å². The van der Waals surface area contributed by atoms with E-state index >= 15 is 0 Å². The van der Waals surface area contributed by atoms with Gasteiger partial charge in [-0.05, 0) is 19.9 Å². The molecule has 0 saturated carbocycles. The Labute approximate surface area is 89.4 Å². The number of hydrogen-bond acceptors (Lipinski definition) is 4. The highest BCUT2D eigenvalue weighted by Gasteiger charge is 2.04. The average molecular weight is 211 g/mol. The van der Waals surface area contributed by atoms with Crippen LogP contribution in [-0.2, 0) is 22.6 Å². The number of ether oxygens (including phenoxy) is 1. The Hall–Kier alpha value is -1.36. The van der Waals surface area contributed by atoms with Crippen molar-refractivity contribution >= 4 is 5.97 Å². The smallest absolute Gasteiger partial charge is 0.319 e. The van der Waals surface area contributed by atoms with E-state index in [1.165, 1.54) is 7.11 Å². The second kappa shape index (κ2) is 5.50. The van der Waals surface area contributed by atoms with Crippen LogP contribution in [0.2, 0.25) is 0 Å². The lowest BCUT2D eigenvalue weighted by Gasteiger charge is -2.05. The summed E-state index contributed by atoms with van der Waals surface area (Å²) in [6.45, 7) is 5.68. The maximum Gasteiger partial charge on any atom is 0.319 e. The van der Waals surface area contributed by atoms with Crippen molar-refractivity contribution in [1.82, 2.24) is 15.1 Å². The average Bonchev–Trinajstić information content (AvgIpc) is 2.58. The molecule has 5 nitrogen and oxygen atoms in total. The first kappa shape index (κ1) is 11.7. The van der Waals surface area contributed by atoms with E-state index in [2.05, 4.69) is 15.2 Å². The molecule has 0 spiro atoms. The number of carbonyl (C=O) groups excluding carboxylic acids is 1. The Morgan fingerprint density at radius 3 is 3.00 bits per heavy atom. The van der Waals surface area contributed by atoms with Gasteiger partial charge in [-0.25, -0.2) is 0 Å². The van der Waals surface area contributed by atoms with Gasteiger partial charge >= 0.3 is 5.97 Å². The van der Waals surface area contributed by atoms with Crippen molar-refractivity contribution < 1.29 is 9.53 Å². The summed E-state index contributed by atoms with van der Waals surface area (Å²) >= 11 is 0. The maximum atomic E-state index is 10.9. The van der Waals surface area contributed by atoms with Crippen LogP contribution in [0, 0.1) is 6.92 Å². The third-order valence-corrected chi connectivity index (χ3v) is 2.09. The van der Waals surface area contributed by atoms with Gasteiger partial charge in [0.1, 0.15) is 0 Å². The molecule has 0 aliphatic rings. The first-order chi connectivity index (χ1) is 7.17. The summed E-state index contributed by atoms with van der Waals surface area (Å²) in [6.07, 6.45) is 0. The van der Waals surface area contributed by atoms with E-state index in [9.17, 15) is 4.79 Å². The molecule has 1 aromatic heterocycles. The van der Waals surface area contributed by atoms with Gasteiger partial charge in [-0.3, -0.25) is 9.48 Å². The number of hydrogen-bond donors (Lipinski definition) is 1. The Morgan fingerprint density at radius 1 is 1.67 bits per heavy atom. The minimum Gasteiger partial charge on any atom is -0.468 e. The van der Waals surface area contributed by atoms with Gasteiger partial charge in [0.2, 0.25) is 0 Å². The molecule has 5 heteroatoms. The Morgan fingerprint density at radius 2 is 2.40 bits per heavy atom. The molecule has 1 aromatic rings. The van der Waals surface area contributed by atoms with Crippen LogP contribution in [0.4, 0.5) is 0 Å². The van der Waals surface area contributed by atoms with Gasteiger partial charge < -0.3 is 10.1 Å². The number of carbonyl (C=O) groups is 1. The number of aryl methyl sites for hydroxylation is 2. The zero-order valence-corrected chi connectivity index (χ0v) is 9.41. The maximum absolute atomic E-state index is 10.9. The number of methoxy groups -OCH3 is 1. The van der Waals surface area contributed by atoms with Crippen molar-refractivity contribution in [3.63, 3.8) is 0 Å². The predicted octanol–water partition coefficient (Wildman–Crippen LogP) is 0.474. The van der Waals surface area contributed by atoms with E-state index in [0.29, 0.717) is 6.54 Å². The van der Waals surface area contributed by atoms with Gasteiger partial charge in [-0.1, -0.05) is 0 Å². The minimum atomic E-state index is -0.255. The van der Waals surface area contributed by atoms with E-state index in [-0.39, 0.29) is 12.5 Å². The summed E-state index contributed by atoms with van der Waals surface area (Å²) in [5.74, 6) is -0.255. The van der Waals surface area contributed by atoms with E-state index in [1.54, 1.807) is 0 Å². The predicted molar refractivity (Wildman–Crippen MR) is 56.4 cm³/mol. The zero-order chi connectivity index (χ0) is 11.3. The van der Waals surface area contributed by atoms with E-state index in [1.807, 2.05) is 24.6 Å². The molecule has 1 N–H and O–H groups in total. The summed E-state index contributed by atoms with van der Waals surface area (Å²) in [5, 5.41) is 7.31. The molecule has 84 valence electrons. The molecular weight excluding hydrogens is 194 g/mol. The molecule has 1 heterocycles. The molecule has 0 aromatic carbocycles. The van der Waals surface area contributed by atoms with Crippen LogP contribution in [0.25, 0.3) is 0 Å². The third-order valence-electron chi connectivity index (χ3n) is 2.09. The fraction of sp³-hybridized carbons (Fsp3) is 0.600. The number of aromatic nitrogens is 2. The first-order valence-corrected chi connectivity index (χ1v) is 4.98. The van der Waals surface area contributed by atoms with Gasteiger partial charge in [-0.15, -0.1) is 0 Å². The van der Waals surface area contributed by atoms with Crippen molar-refractivity contribution in [3.8, 4) is 0 Å². The van der Waals surface area contributed by atoms with Gasteiger partial charge in [0.05, 0.1) is 25.0 Å². The number of nitrogens with zero attached hydrogens (tertiary/aromatic N) is 2. The highest BCUT2D eigenvalue weighted by molar-refractivity contribution is 5.71. The Bertz CT molecular complexity index is 333. The van der Waals surface area contributed by atoms with Crippen molar-refractivity contribution in [1.29, 1.82) is 0 Å². The monoisotopic (exact) mass is 211 g/mol. The standard InChI is InChI=1S/C10H17N3O2/c1-4-13-9(5-8(2)12-13)6-11-7-10(14)15-3/h5,11H,4,6-7H2,1-3H3. The molecule has 0 aliphatic carbocycles. The first-order valence-electron chi connectivity index (χ1n) is 4.98. The van der Waals surface area contributed by atoms with Crippen LogP contribution in [0.3, 0.4) is 0 Å². The SMILES string of the molecule is CCn1nc(C)cc1CNCC(=O)OC. The molecule has 1 rings (SSSR count). The lowest BCUT2D eigenvalue weighted by molar-refractivity contribution is -0.139. The van der Waals surface area contributed by atoms with Gasteiger partial charge in [0, 0.05) is 13.1 Å². The molecule has 0 aliphatic heterocycles. The van der Waals surface area contributed by atoms with Gasteiger partial charge in [0.15, 0.2) is 0 Å². The van der Waals surface area contributed by atoms with Gasteiger partial charge in [-0.2, -0.15) is 5.10 Å². The molecule has 0 radical (unpaired) electrons. The lowest BCUT2D eigenvalue weighted by Crippen LogP contribution is -2.24. The van der Waals surface area contributed by atoms with E-state index < -0.39 is 0 Å². The molecule has 15 heavy (non-hydrogen) atoms. The highest BCUT2D eigenvalue weighted by Crippen LogP contribution is 2.02. The lowest BCUT2D eigenvalue weighted by atomic mass is 10.3. The third kappa shape index (κ3) is 3.36. The van der Waals surface area contributed by atoms with Crippen LogP contribution >= 0.6 is 0 Å². The van der Waals surface area contributed by atoms with Crippen LogP contribution in [0.5, 0.6) is 0 Å². The van der Waals surface area contributed by atoms with Crippen molar-refractivity contribution in [2.75, 3.05) is 13.7 Å². The molecule has 0 atom stereocenters. The summed E-state index contributed by atoms with van der Waals surface area (Å²) in [4.78, 5) is 10.9.